The van der Waals surface area contributed by atoms with Crippen LogP contribution in [0.3, 0.4) is 0 Å². The number of nitrogens with two attached hydrogens (primary N) is 1. The van der Waals surface area contributed by atoms with Crippen molar-refractivity contribution in [2.75, 3.05) is 32.7 Å². The fourth-order valence-electron chi connectivity index (χ4n) is 3.57. The minimum atomic E-state index is 0.476. The monoisotopic (exact) mass is 253 g/mol. The second-order valence-electron chi connectivity index (χ2n) is 6.10. The molecule has 3 nitrogen and oxygen atoms in total. The van der Waals surface area contributed by atoms with Gasteiger partial charge in [-0.3, -0.25) is 0 Å². The molecule has 2 aliphatic rings. The van der Waals surface area contributed by atoms with Crippen molar-refractivity contribution in [3.63, 3.8) is 0 Å². The van der Waals surface area contributed by atoms with Crippen molar-refractivity contribution in [1.29, 1.82) is 0 Å². The fourth-order valence-corrected chi connectivity index (χ4v) is 3.57. The number of likely N-dealkylation sites (tertiary alicyclic amines) is 1. The summed E-state index contributed by atoms with van der Waals surface area (Å²) in [6.45, 7) is 8.79. The fraction of sp³-hybridized carbons (Fsp3) is 1.00. The molecular formula is C15H31N3. The van der Waals surface area contributed by atoms with Gasteiger partial charge in [0.15, 0.2) is 0 Å². The van der Waals surface area contributed by atoms with E-state index in [1.54, 1.807) is 0 Å². The quantitative estimate of drug-likeness (QED) is 0.786. The molecule has 3 heteroatoms. The highest BCUT2D eigenvalue weighted by atomic mass is 15.2. The molecule has 1 aliphatic carbocycles. The number of hydrogen-bond acceptors (Lipinski definition) is 3. The van der Waals surface area contributed by atoms with Crippen molar-refractivity contribution >= 4 is 0 Å². The average Bonchev–Trinajstić information content (AvgIpc) is 2.89. The molecular weight excluding hydrogens is 222 g/mol. The van der Waals surface area contributed by atoms with Gasteiger partial charge in [-0.15, -0.1) is 0 Å². The zero-order valence-corrected chi connectivity index (χ0v) is 12.1. The lowest BCUT2D eigenvalue weighted by molar-refractivity contribution is 0.149. The van der Waals surface area contributed by atoms with Gasteiger partial charge < -0.3 is 15.5 Å². The molecule has 2 fully saturated rings. The minimum Gasteiger partial charge on any atom is -0.328 e. The lowest BCUT2D eigenvalue weighted by atomic mass is 9.90. The maximum absolute atomic E-state index is 6.00. The molecule has 0 aromatic heterocycles. The summed E-state index contributed by atoms with van der Waals surface area (Å²) in [6, 6.07) is 1.29. The van der Waals surface area contributed by atoms with Crippen molar-refractivity contribution in [1.82, 2.24) is 9.80 Å². The topological polar surface area (TPSA) is 32.5 Å². The summed E-state index contributed by atoms with van der Waals surface area (Å²) in [5.41, 5.74) is 6.00. The highest BCUT2D eigenvalue weighted by Crippen LogP contribution is 2.22. The Morgan fingerprint density at radius 3 is 2.39 bits per heavy atom. The van der Waals surface area contributed by atoms with Crippen LogP contribution in [0, 0.1) is 0 Å². The Kier molecular flexibility index (Phi) is 5.93. The molecule has 18 heavy (non-hydrogen) atoms. The van der Waals surface area contributed by atoms with E-state index in [0.717, 1.165) is 6.04 Å². The van der Waals surface area contributed by atoms with Gasteiger partial charge in [0.05, 0.1) is 0 Å². The molecule has 1 saturated heterocycles. The van der Waals surface area contributed by atoms with E-state index in [1.807, 2.05) is 0 Å². The molecule has 0 amide bonds. The summed E-state index contributed by atoms with van der Waals surface area (Å²) >= 11 is 0. The first-order valence-corrected chi connectivity index (χ1v) is 8.01. The van der Waals surface area contributed by atoms with Gasteiger partial charge in [0.1, 0.15) is 0 Å². The Hall–Kier alpha value is -0.120. The van der Waals surface area contributed by atoms with E-state index in [4.69, 9.17) is 5.73 Å². The van der Waals surface area contributed by atoms with Crippen LogP contribution in [-0.4, -0.2) is 54.6 Å². The van der Waals surface area contributed by atoms with Gasteiger partial charge in [-0.2, -0.15) is 0 Å². The van der Waals surface area contributed by atoms with E-state index in [1.165, 1.54) is 77.7 Å². The van der Waals surface area contributed by atoms with Crippen molar-refractivity contribution in [2.45, 2.75) is 64.0 Å². The van der Waals surface area contributed by atoms with E-state index in [9.17, 15) is 0 Å². The van der Waals surface area contributed by atoms with Crippen LogP contribution in [0.1, 0.15) is 51.9 Å². The largest absolute Gasteiger partial charge is 0.328 e. The molecule has 0 unspecified atom stereocenters. The molecule has 2 N–H and O–H groups in total. The third-order valence-electron chi connectivity index (χ3n) is 4.78. The van der Waals surface area contributed by atoms with Crippen molar-refractivity contribution in [3.05, 3.63) is 0 Å². The zero-order chi connectivity index (χ0) is 12.8. The summed E-state index contributed by atoms with van der Waals surface area (Å²) in [7, 11) is 0. The normalized spacial score (nSPS) is 30.2. The standard InChI is InChI=1S/C15H31N3/c1-2-18(15-8-6-14(16)7-9-15)13-5-12-17-10-3-4-11-17/h14-15H,2-13,16H2,1H3. The predicted molar refractivity (Wildman–Crippen MR) is 77.8 cm³/mol. The SMILES string of the molecule is CCN(CCCN1CCCC1)C1CCC(N)CC1. The Morgan fingerprint density at radius 2 is 1.78 bits per heavy atom. The minimum absolute atomic E-state index is 0.476. The first-order chi connectivity index (χ1) is 8.79. The van der Waals surface area contributed by atoms with Crippen LogP contribution < -0.4 is 5.73 Å². The second kappa shape index (κ2) is 7.46. The Bertz CT molecular complexity index is 218. The molecule has 106 valence electrons. The number of hydrogen-bond donors (Lipinski definition) is 1. The Balaban J connectivity index is 1.65. The summed E-state index contributed by atoms with van der Waals surface area (Å²) in [6.07, 6.45) is 9.27. The summed E-state index contributed by atoms with van der Waals surface area (Å²) < 4.78 is 0. The molecule has 0 spiro atoms. The third kappa shape index (κ3) is 4.22. The number of rotatable bonds is 6. The van der Waals surface area contributed by atoms with Crippen molar-refractivity contribution in [2.24, 2.45) is 5.73 Å². The molecule has 0 radical (unpaired) electrons. The maximum atomic E-state index is 6.00. The molecule has 1 heterocycles. The van der Waals surface area contributed by atoms with Crippen LogP contribution in [0.2, 0.25) is 0 Å². The third-order valence-corrected chi connectivity index (χ3v) is 4.78. The van der Waals surface area contributed by atoms with Crippen LogP contribution in [0.25, 0.3) is 0 Å². The Morgan fingerprint density at radius 1 is 1.11 bits per heavy atom. The van der Waals surface area contributed by atoms with Crippen LogP contribution in [0.4, 0.5) is 0 Å². The molecule has 0 bridgehead atoms. The predicted octanol–water partition coefficient (Wildman–Crippen LogP) is 2.06. The summed E-state index contributed by atoms with van der Waals surface area (Å²) in [5, 5.41) is 0. The molecule has 1 saturated carbocycles. The van der Waals surface area contributed by atoms with Crippen LogP contribution >= 0.6 is 0 Å². The lowest BCUT2D eigenvalue weighted by Crippen LogP contribution is -2.41. The van der Waals surface area contributed by atoms with Gasteiger partial charge in [-0.05, 0) is 77.7 Å². The summed E-state index contributed by atoms with van der Waals surface area (Å²) in [5.74, 6) is 0. The first-order valence-electron chi connectivity index (χ1n) is 8.01. The van der Waals surface area contributed by atoms with E-state index >= 15 is 0 Å². The molecule has 0 aromatic rings. The maximum Gasteiger partial charge on any atom is 0.00963 e. The molecule has 0 aromatic carbocycles. The van der Waals surface area contributed by atoms with Crippen molar-refractivity contribution < 1.29 is 0 Å². The van der Waals surface area contributed by atoms with Crippen LogP contribution in [-0.2, 0) is 0 Å². The highest BCUT2D eigenvalue weighted by Gasteiger charge is 2.23. The first kappa shape index (κ1) is 14.3. The molecule has 1 aliphatic heterocycles. The van der Waals surface area contributed by atoms with E-state index < -0.39 is 0 Å². The average molecular weight is 253 g/mol. The summed E-state index contributed by atoms with van der Waals surface area (Å²) in [4.78, 5) is 5.33. The van der Waals surface area contributed by atoms with Gasteiger partial charge in [0.2, 0.25) is 0 Å². The van der Waals surface area contributed by atoms with Gasteiger partial charge in [-0.25, -0.2) is 0 Å². The van der Waals surface area contributed by atoms with Gasteiger partial charge in [-0.1, -0.05) is 6.92 Å². The van der Waals surface area contributed by atoms with E-state index in [-0.39, 0.29) is 0 Å². The molecule has 0 atom stereocenters. The van der Waals surface area contributed by atoms with Crippen molar-refractivity contribution in [3.8, 4) is 0 Å². The van der Waals surface area contributed by atoms with Crippen LogP contribution in [0.5, 0.6) is 0 Å². The lowest BCUT2D eigenvalue weighted by Gasteiger charge is -2.35. The number of nitrogens with zero attached hydrogens (tertiary/aromatic N) is 2. The van der Waals surface area contributed by atoms with Gasteiger partial charge in [0, 0.05) is 12.1 Å². The van der Waals surface area contributed by atoms with E-state index in [2.05, 4.69) is 16.7 Å². The zero-order valence-electron chi connectivity index (χ0n) is 12.1. The van der Waals surface area contributed by atoms with Crippen LogP contribution in [0.15, 0.2) is 0 Å². The van der Waals surface area contributed by atoms with Gasteiger partial charge >= 0.3 is 0 Å². The van der Waals surface area contributed by atoms with Gasteiger partial charge in [0.25, 0.3) is 0 Å². The molecule has 2 rings (SSSR count). The Labute approximate surface area is 113 Å². The smallest absolute Gasteiger partial charge is 0.00963 e. The highest BCUT2D eigenvalue weighted by molar-refractivity contribution is 4.81. The second-order valence-corrected chi connectivity index (χ2v) is 6.10. The van der Waals surface area contributed by atoms with E-state index in [0.29, 0.717) is 6.04 Å².